The molecule has 0 radical (unpaired) electrons. The van der Waals surface area contributed by atoms with Crippen molar-refractivity contribution in [1.82, 2.24) is 24.2 Å². The summed E-state index contributed by atoms with van der Waals surface area (Å²) in [7, 11) is 3.46. The summed E-state index contributed by atoms with van der Waals surface area (Å²) in [4.78, 5) is 42.0. The average Bonchev–Trinajstić information content (AvgIpc) is 3.24. The average molecular weight is 545 g/mol. The summed E-state index contributed by atoms with van der Waals surface area (Å²) < 4.78 is 3.23. The van der Waals surface area contributed by atoms with Crippen LogP contribution in [0.5, 0.6) is 0 Å². The number of nitrogens with zero attached hydrogens (tertiary/aromatic N) is 5. The van der Waals surface area contributed by atoms with E-state index in [1.54, 1.807) is 37.2 Å². The molecule has 10 nitrogen and oxygen atoms in total. The molecule has 3 aromatic carbocycles. The Morgan fingerprint density at radius 2 is 1.63 bits per heavy atom. The van der Waals surface area contributed by atoms with E-state index in [9.17, 15) is 19.5 Å². The number of aromatic carboxylic acids is 1. The summed E-state index contributed by atoms with van der Waals surface area (Å²) in [6.07, 6.45) is 0.290. The predicted octanol–water partition coefficient (Wildman–Crippen LogP) is 2.62. The molecular formula is C30H29LiN6O4. The van der Waals surface area contributed by atoms with Crippen molar-refractivity contribution >= 4 is 47.7 Å². The molecule has 0 unspecified atom stereocenters. The summed E-state index contributed by atoms with van der Waals surface area (Å²) >= 11 is 0. The molecule has 0 spiro atoms. The topological polar surface area (TPSA) is 136 Å². The Hall–Kier alpha value is -4.65. The fourth-order valence-corrected chi connectivity index (χ4v) is 4.51. The number of carboxylic acid groups (broad SMARTS) is 1. The van der Waals surface area contributed by atoms with Crippen molar-refractivity contribution in [1.29, 1.82) is 0 Å². The minimum atomic E-state index is -1.03. The number of aromatic nitrogens is 4. The first kappa shape index (κ1) is 29.3. The van der Waals surface area contributed by atoms with Gasteiger partial charge in [-0.15, -0.1) is 0 Å². The molecule has 0 atom stereocenters. The van der Waals surface area contributed by atoms with E-state index < -0.39 is 5.97 Å². The van der Waals surface area contributed by atoms with Gasteiger partial charge in [0.15, 0.2) is 0 Å². The van der Waals surface area contributed by atoms with Crippen LogP contribution >= 0.6 is 0 Å². The number of amides is 1. The minimum absolute atomic E-state index is 0. The van der Waals surface area contributed by atoms with Gasteiger partial charge in [0.25, 0.3) is 5.56 Å². The van der Waals surface area contributed by atoms with Crippen LogP contribution in [0.2, 0.25) is 0 Å². The Bertz CT molecular complexity index is 1810. The van der Waals surface area contributed by atoms with Gasteiger partial charge in [-0.1, -0.05) is 36.4 Å². The van der Waals surface area contributed by atoms with Gasteiger partial charge in [0.05, 0.1) is 41.8 Å². The van der Waals surface area contributed by atoms with Gasteiger partial charge in [-0.3, -0.25) is 9.59 Å². The number of fused-ring (bicyclic) bond motifs is 1. The van der Waals surface area contributed by atoms with Crippen molar-refractivity contribution in [2.45, 2.75) is 19.5 Å². The Balaban J connectivity index is 0.00000387. The molecule has 41 heavy (non-hydrogen) atoms. The molecule has 0 saturated heterocycles. The van der Waals surface area contributed by atoms with Gasteiger partial charge in [0.1, 0.15) is 0 Å². The van der Waals surface area contributed by atoms with Crippen molar-refractivity contribution in [2.75, 3.05) is 19.8 Å². The number of anilines is 1. The first-order valence-electron chi connectivity index (χ1n) is 12.6. The summed E-state index contributed by atoms with van der Waals surface area (Å²) in [5, 5.41) is 13.8. The van der Waals surface area contributed by atoms with Crippen LogP contribution in [0.25, 0.3) is 22.3 Å². The first-order valence-corrected chi connectivity index (χ1v) is 12.6. The van der Waals surface area contributed by atoms with Gasteiger partial charge >= 0.3 is 24.8 Å². The third kappa shape index (κ3) is 6.57. The van der Waals surface area contributed by atoms with Crippen LogP contribution in [0.4, 0.5) is 5.95 Å². The number of benzene rings is 3. The van der Waals surface area contributed by atoms with Crippen LogP contribution in [0.15, 0.2) is 83.7 Å². The van der Waals surface area contributed by atoms with Crippen LogP contribution in [0.1, 0.15) is 27.0 Å². The number of carbonyl (C=O) groups excluding carboxylic acids is 1. The van der Waals surface area contributed by atoms with Gasteiger partial charge < -0.3 is 20.3 Å². The third-order valence-electron chi connectivity index (χ3n) is 6.63. The predicted molar refractivity (Wildman–Crippen MR) is 159 cm³/mol. The van der Waals surface area contributed by atoms with E-state index in [2.05, 4.69) is 10.1 Å². The first-order chi connectivity index (χ1) is 19.2. The molecule has 1 amide bonds. The van der Waals surface area contributed by atoms with E-state index in [-0.39, 0.29) is 48.9 Å². The van der Waals surface area contributed by atoms with Crippen molar-refractivity contribution in [3.63, 3.8) is 0 Å². The number of rotatable bonds is 8. The summed E-state index contributed by atoms with van der Waals surface area (Å²) in [6, 6.07) is 23.1. The van der Waals surface area contributed by atoms with Crippen molar-refractivity contribution in [2.24, 2.45) is 0 Å². The molecule has 2 heterocycles. The number of nitrogen functional groups attached to an aromatic ring is 1. The molecule has 0 fully saturated rings. The molecular weight excluding hydrogens is 515 g/mol. The number of imidazole rings is 1. The fourth-order valence-electron chi connectivity index (χ4n) is 4.51. The van der Waals surface area contributed by atoms with E-state index in [0.29, 0.717) is 23.8 Å². The Morgan fingerprint density at radius 3 is 2.37 bits per heavy atom. The normalized spacial score (nSPS) is 10.8. The van der Waals surface area contributed by atoms with Crippen molar-refractivity contribution in [3.8, 4) is 11.3 Å². The summed E-state index contributed by atoms with van der Waals surface area (Å²) in [5.41, 5.74) is 11.6. The molecule has 204 valence electrons. The maximum atomic E-state index is 12.5. The number of carbonyl (C=O) groups is 2. The Labute approximate surface area is 248 Å². The molecule has 5 aromatic rings. The van der Waals surface area contributed by atoms with Crippen molar-refractivity contribution in [3.05, 3.63) is 111 Å². The molecule has 0 aliphatic heterocycles. The van der Waals surface area contributed by atoms with E-state index in [1.807, 2.05) is 47.0 Å². The summed E-state index contributed by atoms with van der Waals surface area (Å²) in [6.45, 7) is 0.612. The number of hydrogen-bond acceptors (Lipinski definition) is 6. The van der Waals surface area contributed by atoms with E-state index in [4.69, 9.17) is 5.73 Å². The van der Waals surface area contributed by atoms with E-state index >= 15 is 0 Å². The molecule has 0 aliphatic carbocycles. The van der Waals surface area contributed by atoms with Gasteiger partial charge in [0.2, 0.25) is 11.9 Å². The maximum absolute atomic E-state index is 12.5. The monoisotopic (exact) mass is 544 g/mol. The summed E-state index contributed by atoms with van der Waals surface area (Å²) in [5.74, 6) is -0.650. The van der Waals surface area contributed by atoms with Gasteiger partial charge in [-0.25, -0.2) is 14.5 Å². The fraction of sp³-hybridized carbons (Fsp3) is 0.167. The van der Waals surface area contributed by atoms with Crippen LogP contribution in [-0.2, 0) is 24.3 Å². The van der Waals surface area contributed by atoms with Crippen LogP contribution in [0, 0.1) is 0 Å². The quantitative estimate of drug-likeness (QED) is 0.287. The molecule has 5 rings (SSSR count). The van der Waals surface area contributed by atoms with Crippen LogP contribution in [-0.4, -0.2) is 74.2 Å². The van der Waals surface area contributed by atoms with E-state index in [0.717, 1.165) is 27.7 Å². The zero-order valence-electron chi connectivity index (χ0n) is 22.1. The molecule has 0 bridgehead atoms. The van der Waals surface area contributed by atoms with Gasteiger partial charge in [-0.2, -0.15) is 5.10 Å². The molecule has 11 heteroatoms. The SMILES string of the molecule is CN(C)C(=O)Cc1ccc2c(c1)nc(N)n2Cc1cccc(-c2ccc(=O)n(Cc3cccc(C(=O)O)c3)n2)c1.[LiH]. The van der Waals surface area contributed by atoms with Crippen LogP contribution < -0.4 is 11.3 Å². The number of nitrogens with two attached hydrogens (primary N) is 1. The second kappa shape index (κ2) is 12.2. The van der Waals surface area contributed by atoms with E-state index in [1.165, 1.54) is 22.9 Å². The third-order valence-corrected chi connectivity index (χ3v) is 6.63. The molecule has 2 aromatic heterocycles. The van der Waals surface area contributed by atoms with Gasteiger partial charge in [0, 0.05) is 25.7 Å². The molecule has 3 N–H and O–H groups in total. The second-order valence-corrected chi connectivity index (χ2v) is 9.76. The van der Waals surface area contributed by atoms with Crippen molar-refractivity contribution < 1.29 is 14.7 Å². The molecule has 0 saturated carbocycles. The standard InChI is InChI=1S/C30H28N6O4.Li.H/c1-34(2)28(38)16-19-9-11-26-25(15-19)32-30(31)35(26)17-20-5-3-7-22(13-20)24-10-12-27(37)36(33-24)18-21-6-4-8-23(14-21)29(39)40;;/h3-15H,16-18H2,1-2H3,(H2,31,32)(H,39,40);;. The number of carboxylic acids is 1. The second-order valence-electron chi connectivity index (χ2n) is 9.76. The Kier molecular flexibility index (Phi) is 8.76. The zero-order chi connectivity index (χ0) is 28.4. The zero-order valence-corrected chi connectivity index (χ0v) is 22.1. The van der Waals surface area contributed by atoms with Crippen LogP contribution in [0.3, 0.4) is 0 Å². The van der Waals surface area contributed by atoms with Gasteiger partial charge in [-0.05, 0) is 53.1 Å². The number of likely N-dealkylation sites (N-methyl/N-ethyl adjacent to an activating group) is 1. The number of hydrogen-bond donors (Lipinski definition) is 2. The molecule has 0 aliphatic rings. The Morgan fingerprint density at radius 1 is 0.902 bits per heavy atom.